The first-order valence-electron chi connectivity index (χ1n) is 5.77. The van der Waals surface area contributed by atoms with Gasteiger partial charge in [-0.15, -0.1) is 0 Å². The van der Waals surface area contributed by atoms with Crippen molar-refractivity contribution in [2.75, 3.05) is 5.75 Å². The van der Waals surface area contributed by atoms with Gasteiger partial charge in [-0.05, 0) is 42.9 Å². The molecular formula is C13H18OS. The molecule has 15 heavy (non-hydrogen) atoms. The summed E-state index contributed by atoms with van der Waals surface area (Å²) in [5, 5.41) is 0. The molecular weight excluding hydrogens is 204 g/mol. The molecule has 0 spiro atoms. The molecule has 1 atom stereocenters. The molecule has 1 nitrogen and oxygen atoms in total. The molecule has 0 aromatic heterocycles. The zero-order chi connectivity index (χ0) is 10.7. The molecule has 0 saturated heterocycles. The van der Waals surface area contributed by atoms with Crippen LogP contribution in [0.5, 0.6) is 0 Å². The molecule has 1 unspecified atom stereocenters. The van der Waals surface area contributed by atoms with Gasteiger partial charge in [-0.25, -0.2) is 0 Å². The smallest absolute Gasteiger partial charge is 0.0532 e. The van der Waals surface area contributed by atoms with Gasteiger partial charge in [-0.1, -0.05) is 25.5 Å². The third kappa shape index (κ3) is 2.69. The number of rotatable bonds is 4. The molecule has 1 aromatic rings. The van der Waals surface area contributed by atoms with Crippen LogP contribution in [0.3, 0.4) is 0 Å². The van der Waals surface area contributed by atoms with Crippen LogP contribution in [0.25, 0.3) is 0 Å². The molecule has 1 saturated carbocycles. The lowest BCUT2D eigenvalue weighted by Gasteiger charge is -2.24. The number of aryl methyl sites for hydroxylation is 1. The van der Waals surface area contributed by atoms with E-state index in [1.54, 1.807) is 0 Å². The van der Waals surface area contributed by atoms with Crippen LogP contribution in [0.2, 0.25) is 0 Å². The van der Waals surface area contributed by atoms with Crippen LogP contribution in [0, 0.1) is 5.92 Å². The molecule has 0 N–H and O–H groups in total. The van der Waals surface area contributed by atoms with Gasteiger partial charge in [0, 0.05) is 10.6 Å². The van der Waals surface area contributed by atoms with E-state index in [9.17, 15) is 4.21 Å². The van der Waals surface area contributed by atoms with Crippen molar-refractivity contribution in [1.29, 1.82) is 0 Å². The first kappa shape index (κ1) is 10.9. The van der Waals surface area contributed by atoms with Crippen molar-refractivity contribution in [1.82, 2.24) is 0 Å². The van der Waals surface area contributed by atoms with E-state index in [1.165, 1.54) is 24.8 Å². The van der Waals surface area contributed by atoms with E-state index in [2.05, 4.69) is 19.1 Å². The molecule has 2 rings (SSSR count). The van der Waals surface area contributed by atoms with Gasteiger partial charge in [0.05, 0.1) is 10.8 Å². The normalized spacial score (nSPS) is 18.5. The summed E-state index contributed by atoms with van der Waals surface area (Å²) in [6.45, 7) is 2.13. The van der Waals surface area contributed by atoms with Crippen LogP contribution in [-0.2, 0) is 17.2 Å². The maximum Gasteiger partial charge on any atom is 0.0532 e. The monoisotopic (exact) mass is 222 g/mol. The van der Waals surface area contributed by atoms with Crippen molar-refractivity contribution in [2.45, 2.75) is 37.5 Å². The van der Waals surface area contributed by atoms with Crippen LogP contribution < -0.4 is 0 Å². The SMILES string of the molecule is CCc1cccc(S(=O)CC2CCC2)c1. The van der Waals surface area contributed by atoms with Crippen molar-refractivity contribution in [3.8, 4) is 0 Å². The largest absolute Gasteiger partial charge is 0.254 e. The molecule has 0 radical (unpaired) electrons. The fourth-order valence-corrected chi connectivity index (χ4v) is 3.34. The maximum atomic E-state index is 12.0. The second kappa shape index (κ2) is 4.93. The average molecular weight is 222 g/mol. The molecule has 82 valence electrons. The lowest BCUT2D eigenvalue weighted by atomic mass is 9.87. The highest BCUT2D eigenvalue weighted by atomic mass is 32.2. The quantitative estimate of drug-likeness (QED) is 0.765. The van der Waals surface area contributed by atoms with Crippen molar-refractivity contribution >= 4 is 10.8 Å². The van der Waals surface area contributed by atoms with E-state index in [4.69, 9.17) is 0 Å². The van der Waals surface area contributed by atoms with E-state index in [0.29, 0.717) is 0 Å². The van der Waals surface area contributed by atoms with Crippen LogP contribution in [0.1, 0.15) is 31.7 Å². The molecule has 1 aliphatic rings. The van der Waals surface area contributed by atoms with Crippen molar-refractivity contribution in [2.24, 2.45) is 5.92 Å². The fraction of sp³-hybridized carbons (Fsp3) is 0.538. The molecule has 1 aromatic carbocycles. The summed E-state index contributed by atoms with van der Waals surface area (Å²) in [7, 11) is -0.774. The summed E-state index contributed by atoms with van der Waals surface area (Å²) in [4.78, 5) is 1.02. The van der Waals surface area contributed by atoms with Gasteiger partial charge < -0.3 is 0 Å². The third-order valence-corrected chi connectivity index (χ3v) is 4.74. The summed E-state index contributed by atoms with van der Waals surface area (Å²) in [5.41, 5.74) is 1.29. The van der Waals surface area contributed by atoms with E-state index >= 15 is 0 Å². The van der Waals surface area contributed by atoms with E-state index in [0.717, 1.165) is 23.0 Å². The van der Waals surface area contributed by atoms with E-state index in [1.807, 2.05) is 12.1 Å². The first-order chi connectivity index (χ1) is 7.29. The Bertz CT molecular complexity index is 355. The standard InChI is InChI=1S/C13H18OS/c1-2-11-5-4-8-13(9-11)15(14)10-12-6-3-7-12/h4-5,8-9,12H,2-3,6-7,10H2,1H3. The Hall–Kier alpha value is -0.630. The highest BCUT2D eigenvalue weighted by molar-refractivity contribution is 7.85. The maximum absolute atomic E-state index is 12.0. The van der Waals surface area contributed by atoms with Crippen LogP contribution in [-0.4, -0.2) is 9.96 Å². The highest BCUT2D eigenvalue weighted by Gasteiger charge is 2.20. The van der Waals surface area contributed by atoms with Crippen LogP contribution in [0.15, 0.2) is 29.2 Å². The predicted octanol–water partition coefficient (Wildman–Crippen LogP) is 3.16. The van der Waals surface area contributed by atoms with Gasteiger partial charge in [-0.3, -0.25) is 4.21 Å². The van der Waals surface area contributed by atoms with E-state index < -0.39 is 10.8 Å². The predicted molar refractivity (Wildman–Crippen MR) is 64.4 cm³/mol. The number of benzene rings is 1. The average Bonchev–Trinajstić information content (AvgIpc) is 2.23. The van der Waals surface area contributed by atoms with Gasteiger partial charge in [-0.2, -0.15) is 0 Å². The van der Waals surface area contributed by atoms with Crippen molar-refractivity contribution in [3.63, 3.8) is 0 Å². The van der Waals surface area contributed by atoms with Crippen LogP contribution >= 0.6 is 0 Å². The second-order valence-corrected chi connectivity index (χ2v) is 5.81. The summed E-state index contributed by atoms with van der Waals surface area (Å²) in [6.07, 6.45) is 4.91. The topological polar surface area (TPSA) is 17.1 Å². The Morgan fingerprint density at radius 1 is 1.40 bits per heavy atom. The number of hydrogen-bond donors (Lipinski definition) is 0. The first-order valence-corrected chi connectivity index (χ1v) is 7.09. The number of hydrogen-bond acceptors (Lipinski definition) is 1. The van der Waals surface area contributed by atoms with Crippen molar-refractivity contribution in [3.05, 3.63) is 29.8 Å². The Balaban J connectivity index is 2.03. The summed E-state index contributed by atoms with van der Waals surface area (Å²) in [5.74, 6) is 1.59. The summed E-state index contributed by atoms with van der Waals surface area (Å²) >= 11 is 0. The molecule has 2 heteroatoms. The van der Waals surface area contributed by atoms with Gasteiger partial charge in [0.15, 0.2) is 0 Å². The minimum absolute atomic E-state index is 0.719. The van der Waals surface area contributed by atoms with Crippen LogP contribution in [0.4, 0.5) is 0 Å². The van der Waals surface area contributed by atoms with Crippen molar-refractivity contribution < 1.29 is 4.21 Å². The Morgan fingerprint density at radius 3 is 2.80 bits per heavy atom. The Morgan fingerprint density at radius 2 is 2.20 bits per heavy atom. The lowest BCUT2D eigenvalue weighted by molar-refractivity contribution is 0.350. The molecule has 0 heterocycles. The van der Waals surface area contributed by atoms with E-state index in [-0.39, 0.29) is 0 Å². The highest BCUT2D eigenvalue weighted by Crippen LogP contribution is 2.28. The van der Waals surface area contributed by atoms with Gasteiger partial charge in [0.25, 0.3) is 0 Å². The van der Waals surface area contributed by atoms with Gasteiger partial charge in [0.2, 0.25) is 0 Å². The van der Waals surface area contributed by atoms with Gasteiger partial charge in [0.1, 0.15) is 0 Å². The van der Waals surface area contributed by atoms with Gasteiger partial charge >= 0.3 is 0 Å². The minimum atomic E-state index is -0.774. The second-order valence-electron chi connectivity index (χ2n) is 4.31. The molecule has 1 aliphatic carbocycles. The molecule has 1 fully saturated rings. The third-order valence-electron chi connectivity index (χ3n) is 3.18. The molecule has 0 bridgehead atoms. The zero-order valence-electron chi connectivity index (χ0n) is 9.24. The Labute approximate surface area is 94.4 Å². The molecule has 0 aliphatic heterocycles. The summed E-state index contributed by atoms with van der Waals surface area (Å²) < 4.78 is 12.0. The summed E-state index contributed by atoms with van der Waals surface area (Å²) in [6, 6.07) is 8.21. The molecule has 0 amide bonds. The Kier molecular flexibility index (Phi) is 3.57. The lowest BCUT2D eigenvalue weighted by Crippen LogP contribution is -2.18. The zero-order valence-corrected chi connectivity index (χ0v) is 10.1. The minimum Gasteiger partial charge on any atom is -0.254 e. The fourth-order valence-electron chi connectivity index (χ4n) is 1.88.